The van der Waals surface area contributed by atoms with Gasteiger partial charge >= 0.3 is 0 Å². The van der Waals surface area contributed by atoms with Gasteiger partial charge in [0.2, 0.25) is 5.91 Å². The molecule has 1 heterocycles. The van der Waals surface area contributed by atoms with Gasteiger partial charge in [-0.05, 0) is 29.8 Å². The molecular formula is C18H12F2N2OS. The second-order valence-corrected chi connectivity index (χ2v) is 5.76. The van der Waals surface area contributed by atoms with Crippen LogP contribution in [0.3, 0.4) is 0 Å². The average molecular weight is 342 g/mol. The summed E-state index contributed by atoms with van der Waals surface area (Å²) < 4.78 is 26.2. The molecule has 3 nitrogen and oxygen atoms in total. The Kier molecular flexibility index (Phi) is 4.77. The van der Waals surface area contributed by atoms with Crippen LogP contribution in [0.25, 0.3) is 17.3 Å². The fourth-order valence-corrected chi connectivity index (χ4v) is 2.72. The van der Waals surface area contributed by atoms with Crippen molar-refractivity contribution in [2.45, 2.75) is 0 Å². The van der Waals surface area contributed by atoms with Gasteiger partial charge in [0.15, 0.2) is 16.8 Å². The van der Waals surface area contributed by atoms with Gasteiger partial charge in [0, 0.05) is 17.0 Å². The van der Waals surface area contributed by atoms with Gasteiger partial charge in [-0.3, -0.25) is 10.1 Å². The van der Waals surface area contributed by atoms with E-state index in [-0.39, 0.29) is 5.91 Å². The molecule has 24 heavy (non-hydrogen) atoms. The third kappa shape index (κ3) is 3.91. The maximum Gasteiger partial charge on any atom is 0.250 e. The molecule has 0 radical (unpaired) electrons. The Morgan fingerprint density at radius 1 is 1.08 bits per heavy atom. The number of nitrogens with one attached hydrogen (secondary N) is 1. The molecule has 0 bridgehead atoms. The molecule has 1 aromatic heterocycles. The van der Waals surface area contributed by atoms with Gasteiger partial charge in [-0.1, -0.05) is 30.3 Å². The summed E-state index contributed by atoms with van der Waals surface area (Å²) >= 11 is 1.21. The first-order valence-corrected chi connectivity index (χ1v) is 7.95. The number of amides is 1. The Morgan fingerprint density at radius 2 is 1.88 bits per heavy atom. The minimum absolute atomic E-state index is 0.315. The van der Waals surface area contributed by atoms with E-state index in [1.54, 1.807) is 11.5 Å². The molecule has 0 fully saturated rings. The van der Waals surface area contributed by atoms with Crippen molar-refractivity contribution in [1.82, 2.24) is 4.98 Å². The number of carbonyl (C=O) groups excluding carboxylic acids is 1. The number of hydrogen-bond acceptors (Lipinski definition) is 3. The van der Waals surface area contributed by atoms with Crippen molar-refractivity contribution >= 4 is 28.5 Å². The minimum atomic E-state index is -0.933. The highest BCUT2D eigenvalue weighted by atomic mass is 32.1. The van der Waals surface area contributed by atoms with E-state index in [0.29, 0.717) is 16.4 Å². The van der Waals surface area contributed by atoms with Crippen molar-refractivity contribution in [1.29, 1.82) is 0 Å². The van der Waals surface area contributed by atoms with E-state index in [9.17, 15) is 13.6 Å². The molecule has 2 aromatic carbocycles. The Labute approximate surface area is 141 Å². The van der Waals surface area contributed by atoms with Crippen molar-refractivity contribution in [2.75, 3.05) is 5.32 Å². The highest BCUT2D eigenvalue weighted by Crippen LogP contribution is 2.26. The van der Waals surface area contributed by atoms with E-state index in [2.05, 4.69) is 10.3 Å². The summed E-state index contributed by atoms with van der Waals surface area (Å²) in [7, 11) is 0. The Bertz CT molecular complexity index is 891. The number of anilines is 1. The van der Waals surface area contributed by atoms with Crippen molar-refractivity contribution < 1.29 is 13.6 Å². The third-order valence-corrected chi connectivity index (χ3v) is 3.93. The van der Waals surface area contributed by atoms with Gasteiger partial charge in [-0.25, -0.2) is 13.8 Å². The number of halogens is 2. The number of carbonyl (C=O) groups is 1. The second kappa shape index (κ2) is 7.14. The largest absolute Gasteiger partial charge is 0.298 e. The van der Waals surface area contributed by atoms with Crippen LogP contribution in [0.4, 0.5) is 13.9 Å². The number of thiazole rings is 1. The van der Waals surface area contributed by atoms with Crippen molar-refractivity contribution in [3.8, 4) is 11.3 Å². The monoisotopic (exact) mass is 342 g/mol. The third-order valence-electron chi connectivity index (χ3n) is 3.18. The molecule has 3 rings (SSSR count). The fraction of sp³-hybridized carbons (Fsp3) is 0. The van der Waals surface area contributed by atoms with Crippen LogP contribution in [-0.4, -0.2) is 10.9 Å². The van der Waals surface area contributed by atoms with Gasteiger partial charge in [-0.15, -0.1) is 11.3 Å². The van der Waals surface area contributed by atoms with Crippen LogP contribution in [0.5, 0.6) is 0 Å². The molecule has 0 saturated heterocycles. The average Bonchev–Trinajstić information content (AvgIpc) is 3.05. The highest BCUT2D eigenvalue weighted by Gasteiger charge is 2.09. The van der Waals surface area contributed by atoms with Crippen LogP contribution < -0.4 is 5.32 Å². The number of aromatic nitrogens is 1. The maximum absolute atomic E-state index is 13.3. The van der Waals surface area contributed by atoms with Crippen LogP contribution in [0.2, 0.25) is 0 Å². The lowest BCUT2D eigenvalue weighted by Crippen LogP contribution is -2.07. The van der Waals surface area contributed by atoms with E-state index < -0.39 is 11.6 Å². The van der Waals surface area contributed by atoms with Crippen LogP contribution in [0.1, 0.15) is 5.56 Å². The van der Waals surface area contributed by atoms with Crippen LogP contribution in [0.15, 0.2) is 60.0 Å². The first-order chi connectivity index (χ1) is 11.6. The lowest BCUT2D eigenvalue weighted by atomic mass is 10.2. The molecule has 1 amide bonds. The minimum Gasteiger partial charge on any atom is -0.298 e. The highest BCUT2D eigenvalue weighted by molar-refractivity contribution is 7.14. The van der Waals surface area contributed by atoms with Crippen LogP contribution in [0, 0.1) is 11.6 Å². The molecule has 0 saturated carbocycles. The smallest absolute Gasteiger partial charge is 0.250 e. The molecule has 0 aliphatic heterocycles. The maximum atomic E-state index is 13.3. The van der Waals surface area contributed by atoms with E-state index in [1.807, 2.05) is 30.3 Å². The summed E-state index contributed by atoms with van der Waals surface area (Å²) in [6, 6.07) is 13.0. The summed E-state index contributed by atoms with van der Waals surface area (Å²) in [5, 5.41) is 4.70. The van der Waals surface area contributed by atoms with E-state index >= 15 is 0 Å². The summed E-state index contributed by atoms with van der Waals surface area (Å²) in [5.41, 5.74) is 1.83. The molecular weight excluding hydrogens is 330 g/mol. The zero-order chi connectivity index (χ0) is 16.9. The molecule has 0 aliphatic carbocycles. The van der Waals surface area contributed by atoms with Gasteiger partial charge in [-0.2, -0.15) is 0 Å². The molecule has 3 aromatic rings. The summed E-state index contributed by atoms with van der Waals surface area (Å²) in [6.45, 7) is 0. The Balaban J connectivity index is 1.68. The molecule has 120 valence electrons. The van der Waals surface area contributed by atoms with Crippen LogP contribution in [-0.2, 0) is 4.79 Å². The summed E-state index contributed by atoms with van der Waals surface area (Å²) in [5.74, 6) is -2.16. The molecule has 6 heteroatoms. The van der Waals surface area contributed by atoms with Crippen molar-refractivity contribution in [2.24, 2.45) is 0 Å². The lowest BCUT2D eigenvalue weighted by molar-refractivity contribution is -0.111. The SMILES string of the molecule is O=C(/C=C/c1ccccc1)Nc1nc(-c2ccc(F)c(F)c2)cs1. The van der Waals surface area contributed by atoms with Gasteiger partial charge < -0.3 is 0 Å². The predicted molar refractivity (Wildman–Crippen MR) is 91.6 cm³/mol. The van der Waals surface area contributed by atoms with Crippen molar-refractivity contribution in [3.63, 3.8) is 0 Å². The zero-order valence-corrected chi connectivity index (χ0v) is 13.2. The number of nitrogens with zero attached hydrogens (tertiary/aromatic N) is 1. The Morgan fingerprint density at radius 3 is 2.62 bits per heavy atom. The van der Waals surface area contributed by atoms with Gasteiger partial charge in [0.1, 0.15) is 0 Å². The first-order valence-electron chi connectivity index (χ1n) is 7.07. The van der Waals surface area contributed by atoms with E-state index in [4.69, 9.17) is 0 Å². The Hall–Kier alpha value is -2.86. The molecule has 0 unspecified atom stereocenters. The summed E-state index contributed by atoms with van der Waals surface area (Å²) in [6.07, 6.45) is 3.10. The lowest BCUT2D eigenvalue weighted by Gasteiger charge is -1.98. The molecule has 1 N–H and O–H groups in total. The zero-order valence-electron chi connectivity index (χ0n) is 12.4. The van der Waals surface area contributed by atoms with Crippen molar-refractivity contribution in [3.05, 3.63) is 77.2 Å². The van der Waals surface area contributed by atoms with E-state index in [0.717, 1.165) is 17.7 Å². The quantitative estimate of drug-likeness (QED) is 0.696. The second-order valence-electron chi connectivity index (χ2n) is 4.90. The van der Waals surface area contributed by atoms with Crippen LogP contribution >= 0.6 is 11.3 Å². The molecule has 0 atom stereocenters. The predicted octanol–water partition coefficient (Wildman–Crippen LogP) is 4.74. The van der Waals surface area contributed by atoms with Gasteiger partial charge in [0.05, 0.1) is 5.69 Å². The normalized spacial score (nSPS) is 10.9. The topological polar surface area (TPSA) is 42.0 Å². The van der Waals surface area contributed by atoms with Gasteiger partial charge in [0.25, 0.3) is 0 Å². The number of hydrogen-bond donors (Lipinski definition) is 1. The standard InChI is InChI=1S/C18H12F2N2OS/c19-14-8-7-13(10-15(14)20)16-11-24-18(21-16)22-17(23)9-6-12-4-2-1-3-5-12/h1-11H,(H,21,22,23)/b9-6+. The molecule has 0 spiro atoms. The number of rotatable bonds is 4. The number of benzene rings is 2. The summed E-state index contributed by atoms with van der Waals surface area (Å²) in [4.78, 5) is 16.1. The van der Waals surface area contributed by atoms with E-state index in [1.165, 1.54) is 23.5 Å². The fourth-order valence-electron chi connectivity index (χ4n) is 2.00. The molecule has 0 aliphatic rings. The first kappa shape index (κ1) is 16.0.